The van der Waals surface area contributed by atoms with E-state index in [4.69, 9.17) is 4.74 Å². The molecule has 19 heavy (non-hydrogen) atoms. The fraction of sp³-hybridized carbons (Fsp3) is 0.533. The van der Waals surface area contributed by atoms with Gasteiger partial charge in [-0.05, 0) is 43.7 Å². The van der Waals surface area contributed by atoms with Gasteiger partial charge in [0.05, 0.1) is 12.7 Å². The second-order valence-corrected chi connectivity index (χ2v) is 5.32. The Kier molecular flexibility index (Phi) is 3.42. The van der Waals surface area contributed by atoms with Crippen LogP contribution in [0.1, 0.15) is 23.2 Å². The highest BCUT2D eigenvalue weighted by molar-refractivity contribution is 5.89. The Labute approximate surface area is 113 Å². The minimum Gasteiger partial charge on any atom is -0.465 e. The molecule has 1 aromatic carbocycles. The molecule has 0 radical (unpaired) electrons. The third-order valence-electron chi connectivity index (χ3n) is 4.24. The Hall–Kier alpha value is -1.55. The molecule has 0 amide bonds. The quantitative estimate of drug-likeness (QED) is 0.759. The van der Waals surface area contributed by atoms with E-state index in [-0.39, 0.29) is 5.97 Å². The summed E-state index contributed by atoms with van der Waals surface area (Å²) in [5.74, 6) is -0.271. The third kappa shape index (κ3) is 2.45. The zero-order valence-electron chi connectivity index (χ0n) is 11.3. The summed E-state index contributed by atoms with van der Waals surface area (Å²) in [6.45, 7) is 4.61. The van der Waals surface area contributed by atoms with Gasteiger partial charge in [0.25, 0.3) is 0 Å². The molecule has 1 atom stereocenters. The molecule has 2 saturated heterocycles. The molecule has 4 heteroatoms. The van der Waals surface area contributed by atoms with Crippen molar-refractivity contribution in [1.82, 2.24) is 4.90 Å². The predicted molar refractivity (Wildman–Crippen MR) is 74.6 cm³/mol. The van der Waals surface area contributed by atoms with E-state index < -0.39 is 0 Å². The van der Waals surface area contributed by atoms with Gasteiger partial charge in [-0.2, -0.15) is 0 Å². The maximum absolute atomic E-state index is 11.4. The molecule has 2 aliphatic rings. The molecule has 0 saturated carbocycles. The molecule has 0 spiro atoms. The van der Waals surface area contributed by atoms with Gasteiger partial charge in [0, 0.05) is 31.4 Å². The lowest BCUT2D eigenvalue weighted by Crippen LogP contribution is -2.50. The highest BCUT2D eigenvalue weighted by Crippen LogP contribution is 2.25. The van der Waals surface area contributed by atoms with E-state index >= 15 is 0 Å². The number of nitrogens with zero attached hydrogens (tertiary/aromatic N) is 2. The summed E-state index contributed by atoms with van der Waals surface area (Å²) in [6.07, 6.45) is 2.65. The Morgan fingerprint density at radius 1 is 1.21 bits per heavy atom. The summed E-state index contributed by atoms with van der Waals surface area (Å²) < 4.78 is 4.72. The van der Waals surface area contributed by atoms with Crippen molar-refractivity contribution in [2.75, 3.05) is 38.2 Å². The Morgan fingerprint density at radius 3 is 2.74 bits per heavy atom. The van der Waals surface area contributed by atoms with Crippen molar-refractivity contribution in [3.63, 3.8) is 0 Å². The van der Waals surface area contributed by atoms with Crippen LogP contribution in [0.3, 0.4) is 0 Å². The molecule has 0 aliphatic carbocycles. The molecule has 0 N–H and O–H groups in total. The molecule has 3 rings (SSSR count). The number of rotatable bonds is 2. The van der Waals surface area contributed by atoms with Crippen LogP contribution in [0.25, 0.3) is 0 Å². The average molecular weight is 260 g/mol. The minimum absolute atomic E-state index is 0.271. The van der Waals surface area contributed by atoms with Gasteiger partial charge in [0.15, 0.2) is 0 Å². The summed E-state index contributed by atoms with van der Waals surface area (Å²) in [6, 6.07) is 8.46. The van der Waals surface area contributed by atoms with Gasteiger partial charge in [-0.3, -0.25) is 4.90 Å². The average Bonchev–Trinajstić information content (AvgIpc) is 2.94. The Bertz CT molecular complexity index is 458. The van der Waals surface area contributed by atoms with Crippen molar-refractivity contribution in [2.24, 2.45) is 0 Å². The zero-order chi connectivity index (χ0) is 13.2. The second-order valence-electron chi connectivity index (χ2n) is 5.32. The third-order valence-corrected chi connectivity index (χ3v) is 4.24. The predicted octanol–water partition coefficient (Wildman–Crippen LogP) is 1.76. The molecular weight excluding hydrogens is 240 g/mol. The molecule has 2 heterocycles. The normalized spacial score (nSPS) is 23.2. The maximum atomic E-state index is 11.4. The van der Waals surface area contributed by atoms with Crippen LogP contribution in [-0.4, -0.2) is 50.2 Å². The lowest BCUT2D eigenvalue weighted by Gasteiger charge is -2.38. The van der Waals surface area contributed by atoms with Gasteiger partial charge in [-0.1, -0.05) is 0 Å². The van der Waals surface area contributed by atoms with E-state index in [0.717, 1.165) is 19.6 Å². The number of carbonyl (C=O) groups is 1. The first-order valence-corrected chi connectivity index (χ1v) is 6.95. The number of fused-ring (bicyclic) bond motifs is 1. The summed E-state index contributed by atoms with van der Waals surface area (Å²) in [5.41, 5.74) is 1.82. The Morgan fingerprint density at radius 2 is 2.00 bits per heavy atom. The molecule has 4 nitrogen and oxygen atoms in total. The lowest BCUT2D eigenvalue weighted by molar-refractivity contribution is 0.0601. The monoisotopic (exact) mass is 260 g/mol. The highest BCUT2D eigenvalue weighted by atomic mass is 16.5. The number of anilines is 1. The van der Waals surface area contributed by atoms with Crippen LogP contribution in [0.2, 0.25) is 0 Å². The maximum Gasteiger partial charge on any atom is 0.337 e. The van der Waals surface area contributed by atoms with Crippen LogP contribution in [0.5, 0.6) is 0 Å². The second kappa shape index (κ2) is 5.21. The van der Waals surface area contributed by atoms with Crippen LogP contribution >= 0.6 is 0 Å². The van der Waals surface area contributed by atoms with Gasteiger partial charge in [0.2, 0.25) is 0 Å². The van der Waals surface area contributed by atoms with Crippen molar-refractivity contribution >= 4 is 11.7 Å². The first-order valence-electron chi connectivity index (χ1n) is 6.95. The summed E-state index contributed by atoms with van der Waals surface area (Å²) in [5, 5.41) is 0. The van der Waals surface area contributed by atoms with E-state index in [2.05, 4.69) is 9.80 Å². The Balaban J connectivity index is 1.70. The number of hydrogen-bond acceptors (Lipinski definition) is 4. The van der Waals surface area contributed by atoms with Crippen molar-refractivity contribution in [3.05, 3.63) is 29.8 Å². The van der Waals surface area contributed by atoms with Crippen LogP contribution in [-0.2, 0) is 4.74 Å². The van der Waals surface area contributed by atoms with Crippen LogP contribution < -0.4 is 4.90 Å². The van der Waals surface area contributed by atoms with E-state index in [0.29, 0.717) is 11.6 Å². The van der Waals surface area contributed by atoms with Crippen molar-refractivity contribution in [2.45, 2.75) is 18.9 Å². The SMILES string of the molecule is COC(=O)c1ccc(N2CCN3CCCC3C2)cc1. The minimum atomic E-state index is -0.271. The number of ether oxygens (including phenoxy) is 1. The number of esters is 1. The van der Waals surface area contributed by atoms with Crippen molar-refractivity contribution < 1.29 is 9.53 Å². The van der Waals surface area contributed by atoms with E-state index in [1.807, 2.05) is 24.3 Å². The number of piperazine rings is 1. The largest absolute Gasteiger partial charge is 0.465 e. The number of hydrogen-bond donors (Lipinski definition) is 0. The van der Waals surface area contributed by atoms with Crippen molar-refractivity contribution in [1.29, 1.82) is 0 Å². The number of benzene rings is 1. The molecule has 0 aromatic heterocycles. The molecule has 2 fully saturated rings. The molecule has 1 unspecified atom stereocenters. The molecule has 102 valence electrons. The summed E-state index contributed by atoms with van der Waals surface area (Å²) in [7, 11) is 1.41. The van der Waals surface area contributed by atoms with Crippen LogP contribution in [0.15, 0.2) is 24.3 Å². The van der Waals surface area contributed by atoms with Gasteiger partial charge in [-0.25, -0.2) is 4.79 Å². The van der Waals surface area contributed by atoms with Crippen LogP contribution in [0, 0.1) is 0 Å². The summed E-state index contributed by atoms with van der Waals surface area (Å²) >= 11 is 0. The van der Waals surface area contributed by atoms with E-state index in [9.17, 15) is 4.79 Å². The van der Waals surface area contributed by atoms with Gasteiger partial charge < -0.3 is 9.64 Å². The molecule has 1 aromatic rings. The van der Waals surface area contributed by atoms with Gasteiger partial charge in [0.1, 0.15) is 0 Å². The standard InChI is InChI=1S/C15H20N2O2/c1-19-15(18)12-4-6-13(7-5-12)17-10-9-16-8-2-3-14(16)11-17/h4-7,14H,2-3,8-11H2,1H3. The van der Waals surface area contributed by atoms with E-state index in [1.54, 1.807) is 0 Å². The zero-order valence-corrected chi connectivity index (χ0v) is 11.3. The first kappa shape index (κ1) is 12.5. The highest BCUT2D eigenvalue weighted by Gasteiger charge is 2.30. The van der Waals surface area contributed by atoms with Gasteiger partial charge >= 0.3 is 5.97 Å². The lowest BCUT2D eigenvalue weighted by atomic mass is 10.1. The molecule has 2 aliphatic heterocycles. The van der Waals surface area contributed by atoms with Gasteiger partial charge in [-0.15, -0.1) is 0 Å². The topological polar surface area (TPSA) is 32.8 Å². The fourth-order valence-electron chi connectivity index (χ4n) is 3.15. The van der Waals surface area contributed by atoms with Crippen LogP contribution in [0.4, 0.5) is 5.69 Å². The number of carbonyl (C=O) groups excluding carboxylic acids is 1. The first-order chi connectivity index (χ1) is 9.28. The summed E-state index contributed by atoms with van der Waals surface area (Å²) in [4.78, 5) is 16.4. The van der Waals surface area contributed by atoms with E-state index in [1.165, 1.54) is 32.2 Å². The fourth-order valence-corrected chi connectivity index (χ4v) is 3.15. The van der Waals surface area contributed by atoms with Crippen molar-refractivity contribution in [3.8, 4) is 0 Å². The smallest absolute Gasteiger partial charge is 0.337 e. The molecule has 0 bridgehead atoms. The number of methoxy groups -OCH3 is 1. The molecular formula is C15H20N2O2.